The maximum atomic E-state index is 3.57. The lowest BCUT2D eigenvalue weighted by Gasteiger charge is -2.07. The maximum Gasteiger partial charge on any atom is 0.0465 e. The van der Waals surface area contributed by atoms with Gasteiger partial charge < -0.3 is 4.98 Å². The Hall–Kier alpha value is -3.32. The fourth-order valence-corrected chi connectivity index (χ4v) is 3.74. The van der Waals surface area contributed by atoms with Crippen molar-refractivity contribution in [2.75, 3.05) is 0 Å². The second-order valence-electron chi connectivity index (χ2n) is 6.73. The molecule has 1 aliphatic carbocycles. The fourth-order valence-electron chi connectivity index (χ4n) is 3.74. The van der Waals surface area contributed by atoms with E-state index in [4.69, 9.17) is 0 Å². The summed E-state index contributed by atoms with van der Waals surface area (Å²) in [5, 5.41) is 3.75. The highest BCUT2D eigenvalue weighted by molar-refractivity contribution is 5.87. The molecule has 1 heterocycles. The zero-order valence-electron chi connectivity index (χ0n) is 14.4. The third-order valence-electron chi connectivity index (χ3n) is 5.09. The smallest absolute Gasteiger partial charge is 0.0465 e. The fraction of sp³-hybridized carbons (Fsp3) is 0.0400. The van der Waals surface area contributed by atoms with Crippen LogP contribution in [0.25, 0.3) is 34.2 Å². The standard InChI is InChI=1S/C25H19N/c1-3-8-18(9-4-1)20-12-7-13-24-22(16-20)23-17-21(14-15-25(23)26-24)19-10-5-2-6-11-19/h1-17,20,26H. The molecule has 0 spiro atoms. The highest BCUT2D eigenvalue weighted by Gasteiger charge is 2.09. The summed E-state index contributed by atoms with van der Waals surface area (Å²) in [6, 6.07) is 27.9. The summed E-state index contributed by atoms with van der Waals surface area (Å²) < 4.78 is 0. The molecule has 0 bridgehead atoms. The summed E-state index contributed by atoms with van der Waals surface area (Å²) in [5.41, 5.74) is 5.00. The average Bonchev–Trinajstić information content (AvgIpc) is 2.91. The van der Waals surface area contributed by atoms with Gasteiger partial charge in [-0.05, 0) is 34.9 Å². The van der Waals surface area contributed by atoms with Gasteiger partial charge in [-0.1, -0.05) is 85.0 Å². The Balaban J connectivity index is 1.73. The first-order valence-corrected chi connectivity index (χ1v) is 9.01. The number of nitrogens with one attached hydrogen (secondary N) is 1. The van der Waals surface area contributed by atoms with Crippen molar-refractivity contribution in [2.24, 2.45) is 0 Å². The number of benzene rings is 3. The summed E-state index contributed by atoms with van der Waals surface area (Å²) in [7, 11) is 0. The lowest BCUT2D eigenvalue weighted by molar-refractivity contribution is 1.14. The van der Waals surface area contributed by atoms with Gasteiger partial charge in [0.05, 0.1) is 0 Å². The Labute approximate surface area is 152 Å². The molecule has 0 saturated heterocycles. The second-order valence-corrected chi connectivity index (χ2v) is 6.73. The number of rotatable bonds is 2. The Morgan fingerprint density at radius 3 is 2.31 bits per heavy atom. The SMILES string of the molecule is C1=CC(c2ccccc2)C=c2c([nH]c3ccc(-c4ccccc4)cc23)=C1. The average molecular weight is 333 g/mol. The molecule has 0 radical (unpaired) electrons. The predicted molar refractivity (Wildman–Crippen MR) is 110 cm³/mol. The third kappa shape index (κ3) is 2.58. The van der Waals surface area contributed by atoms with E-state index in [0.717, 1.165) is 0 Å². The first kappa shape index (κ1) is 15.0. The minimum absolute atomic E-state index is 0.285. The van der Waals surface area contributed by atoms with Crippen LogP contribution in [0.15, 0.2) is 91.0 Å². The van der Waals surface area contributed by atoms with Crippen LogP contribution in [0.3, 0.4) is 0 Å². The number of aromatic nitrogens is 1. The summed E-state index contributed by atoms with van der Waals surface area (Å²) in [6.45, 7) is 0. The van der Waals surface area contributed by atoms with Crippen LogP contribution < -0.4 is 10.6 Å². The van der Waals surface area contributed by atoms with Crippen molar-refractivity contribution in [3.05, 3.63) is 107 Å². The van der Waals surface area contributed by atoms with Crippen molar-refractivity contribution >= 4 is 23.1 Å². The predicted octanol–water partition coefficient (Wildman–Crippen LogP) is 4.75. The number of hydrogen-bond donors (Lipinski definition) is 1. The molecule has 1 aliphatic rings. The van der Waals surface area contributed by atoms with Gasteiger partial charge in [0.1, 0.15) is 0 Å². The maximum absolute atomic E-state index is 3.57. The van der Waals surface area contributed by atoms with E-state index in [2.05, 4.69) is 108 Å². The minimum Gasteiger partial charge on any atom is -0.355 e. The summed E-state index contributed by atoms with van der Waals surface area (Å²) >= 11 is 0. The monoisotopic (exact) mass is 333 g/mol. The number of H-pyrrole nitrogens is 1. The van der Waals surface area contributed by atoms with E-state index < -0.39 is 0 Å². The van der Waals surface area contributed by atoms with Crippen molar-refractivity contribution < 1.29 is 0 Å². The van der Waals surface area contributed by atoms with E-state index >= 15 is 0 Å². The first-order valence-electron chi connectivity index (χ1n) is 9.01. The van der Waals surface area contributed by atoms with E-state index in [9.17, 15) is 0 Å². The van der Waals surface area contributed by atoms with Crippen LogP contribution in [0.5, 0.6) is 0 Å². The summed E-state index contributed by atoms with van der Waals surface area (Å²) in [5.74, 6) is 0.285. The van der Waals surface area contributed by atoms with Crippen molar-refractivity contribution in [3.63, 3.8) is 0 Å². The van der Waals surface area contributed by atoms with Crippen molar-refractivity contribution in [2.45, 2.75) is 5.92 Å². The molecule has 3 aromatic carbocycles. The minimum atomic E-state index is 0.285. The van der Waals surface area contributed by atoms with Crippen molar-refractivity contribution in [1.29, 1.82) is 0 Å². The van der Waals surface area contributed by atoms with Gasteiger partial charge in [0, 0.05) is 27.4 Å². The Morgan fingerprint density at radius 2 is 1.50 bits per heavy atom. The Morgan fingerprint density at radius 1 is 0.731 bits per heavy atom. The largest absolute Gasteiger partial charge is 0.355 e. The van der Waals surface area contributed by atoms with Crippen LogP contribution in [0.4, 0.5) is 0 Å². The molecule has 4 aromatic rings. The lowest BCUT2D eigenvalue weighted by atomic mass is 9.97. The molecule has 1 heteroatoms. The van der Waals surface area contributed by atoms with Crippen LogP contribution in [0.2, 0.25) is 0 Å². The molecular weight excluding hydrogens is 314 g/mol. The van der Waals surface area contributed by atoms with Crippen LogP contribution in [-0.2, 0) is 0 Å². The van der Waals surface area contributed by atoms with Crippen LogP contribution in [-0.4, -0.2) is 4.98 Å². The zero-order chi connectivity index (χ0) is 17.3. The molecular formula is C25H19N. The number of allylic oxidation sites excluding steroid dienone is 2. The molecule has 0 amide bonds. The molecule has 5 rings (SSSR count). The van der Waals surface area contributed by atoms with Gasteiger partial charge in [-0.25, -0.2) is 0 Å². The molecule has 0 saturated carbocycles. The Kier molecular flexibility index (Phi) is 3.57. The van der Waals surface area contributed by atoms with Gasteiger partial charge in [-0.3, -0.25) is 0 Å². The number of fused-ring (bicyclic) bond motifs is 3. The van der Waals surface area contributed by atoms with Crippen molar-refractivity contribution in [3.8, 4) is 11.1 Å². The van der Waals surface area contributed by atoms with Gasteiger partial charge in [-0.2, -0.15) is 0 Å². The third-order valence-corrected chi connectivity index (χ3v) is 5.09. The molecule has 1 unspecified atom stereocenters. The number of hydrogen-bond acceptors (Lipinski definition) is 0. The van der Waals surface area contributed by atoms with Crippen LogP contribution >= 0.6 is 0 Å². The molecule has 1 nitrogen and oxygen atoms in total. The molecule has 1 atom stereocenters. The number of aromatic amines is 1. The molecule has 1 aromatic heterocycles. The molecule has 0 aliphatic heterocycles. The summed E-state index contributed by atoms with van der Waals surface area (Å²) in [6.07, 6.45) is 8.97. The molecule has 26 heavy (non-hydrogen) atoms. The first-order chi connectivity index (χ1) is 12.9. The van der Waals surface area contributed by atoms with E-state index in [1.165, 1.54) is 38.2 Å². The molecule has 0 fully saturated rings. The van der Waals surface area contributed by atoms with Gasteiger partial charge in [0.25, 0.3) is 0 Å². The Bertz CT molecular complexity index is 1210. The normalized spacial score (nSPS) is 15.8. The molecule has 124 valence electrons. The van der Waals surface area contributed by atoms with Crippen LogP contribution in [0, 0.1) is 0 Å². The zero-order valence-corrected chi connectivity index (χ0v) is 14.4. The van der Waals surface area contributed by atoms with Gasteiger partial charge in [-0.15, -0.1) is 0 Å². The second kappa shape index (κ2) is 6.20. The highest BCUT2D eigenvalue weighted by Crippen LogP contribution is 2.23. The van der Waals surface area contributed by atoms with Gasteiger partial charge >= 0.3 is 0 Å². The van der Waals surface area contributed by atoms with E-state index in [1.807, 2.05) is 0 Å². The molecule has 1 N–H and O–H groups in total. The van der Waals surface area contributed by atoms with Gasteiger partial charge in [0.15, 0.2) is 0 Å². The van der Waals surface area contributed by atoms with E-state index in [1.54, 1.807) is 0 Å². The van der Waals surface area contributed by atoms with E-state index in [-0.39, 0.29) is 5.92 Å². The van der Waals surface area contributed by atoms with E-state index in [0.29, 0.717) is 0 Å². The van der Waals surface area contributed by atoms with Crippen LogP contribution in [0.1, 0.15) is 11.5 Å². The topological polar surface area (TPSA) is 15.8 Å². The van der Waals surface area contributed by atoms with Gasteiger partial charge in [0.2, 0.25) is 0 Å². The summed E-state index contributed by atoms with van der Waals surface area (Å²) in [4.78, 5) is 3.57. The van der Waals surface area contributed by atoms with Crippen molar-refractivity contribution in [1.82, 2.24) is 4.98 Å². The highest BCUT2D eigenvalue weighted by atomic mass is 14.7. The quantitative estimate of drug-likeness (QED) is 0.545. The lowest BCUT2D eigenvalue weighted by Crippen LogP contribution is -2.22.